The summed E-state index contributed by atoms with van der Waals surface area (Å²) in [5.74, 6) is 0.727. The van der Waals surface area contributed by atoms with E-state index in [0.29, 0.717) is 43.1 Å². The summed E-state index contributed by atoms with van der Waals surface area (Å²) >= 11 is 0. The largest absolute Gasteiger partial charge is 0.370 e. The van der Waals surface area contributed by atoms with Crippen molar-refractivity contribution in [3.63, 3.8) is 0 Å². The van der Waals surface area contributed by atoms with Gasteiger partial charge in [-0.15, -0.1) is 0 Å². The summed E-state index contributed by atoms with van der Waals surface area (Å²) in [4.78, 5) is 28.4. The third-order valence-corrected chi connectivity index (χ3v) is 6.41. The molecule has 0 bridgehead atoms. The summed E-state index contributed by atoms with van der Waals surface area (Å²) in [6, 6.07) is 1.70. The smallest absolute Gasteiger partial charge is 0.284 e. The van der Waals surface area contributed by atoms with E-state index in [-0.39, 0.29) is 23.2 Å². The number of halogens is 2. The van der Waals surface area contributed by atoms with Gasteiger partial charge in [-0.2, -0.15) is 10.2 Å². The number of rotatable bonds is 8. The Morgan fingerprint density at radius 3 is 2.70 bits per heavy atom. The van der Waals surface area contributed by atoms with Gasteiger partial charge in [-0.1, -0.05) is 0 Å². The highest BCUT2D eigenvalue weighted by Gasteiger charge is 2.27. The van der Waals surface area contributed by atoms with Gasteiger partial charge in [0.25, 0.3) is 12.3 Å². The third-order valence-electron chi connectivity index (χ3n) is 6.41. The molecule has 9 nitrogen and oxygen atoms in total. The molecule has 2 aliphatic carbocycles. The Bertz CT molecular complexity index is 1160. The van der Waals surface area contributed by atoms with Gasteiger partial charge in [0.1, 0.15) is 17.7 Å². The van der Waals surface area contributed by atoms with E-state index in [1.165, 1.54) is 34.4 Å². The molecule has 5 rings (SSSR count). The van der Waals surface area contributed by atoms with Crippen molar-refractivity contribution in [2.24, 2.45) is 11.8 Å². The number of amides is 1. The van der Waals surface area contributed by atoms with Crippen molar-refractivity contribution in [1.29, 1.82) is 0 Å². The zero-order valence-corrected chi connectivity index (χ0v) is 18.0. The lowest BCUT2D eigenvalue weighted by Gasteiger charge is -2.25. The minimum absolute atomic E-state index is 0.0114. The predicted molar refractivity (Wildman–Crippen MR) is 116 cm³/mol. The first-order valence-corrected chi connectivity index (χ1v) is 11.2. The van der Waals surface area contributed by atoms with Gasteiger partial charge in [0, 0.05) is 24.9 Å². The van der Waals surface area contributed by atoms with Crippen LogP contribution in [-0.2, 0) is 4.79 Å². The van der Waals surface area contributed by atoms with E-state index < -0.39 is 18.0 Å². The number of nitrogens with zero attached hydrogens (tertiary/aromatic N) is 5. The van der Waals surface area contributed by atoms with Gasteiger partial charge in [-0.25, -0.2) is 18.3 Å². The number of aromatic nitrogens is 5. The third kappa shape index (κ3) is 4.57. The molecular weight excluding hydrogens is 432 g/mol. The van der Waals surface area contributed by atoms with Crippen molar-refractivity contribution >= 4 is 29.3 Å². The number of alkyl halides is 2. The molecule has 0 aliphatic heterocycles. The van der Waals surface area contributed by atoms with Gasteiger partial charge < -0.3 is 15.4 Å². The zero-order chi connectivity index (χ0) is 22.9. The molecule has 0 atom stereocenters. The SMILES string of the molecule is O=C[C@H]1CC[C@H](n2cc(NC(=O)c3cnn4ccc(NCC5CC5)nc34)c(C(F)F)n2)CC1. The van der Waals surface area contributed by atoms with Crippen LogP contribution in [0.25, 0.3) is 5.65 Å². The second kappa shape index (κ2) is 8.87. The highest BCUT2D eigenvalue weighted by atomic mass is 19.3. The van der Waals surface area contributed by atoms with Crippen LogP contribution in [0.4, 0.5) is 20.3 Å². The van der Waals surface area contributed by atoms with Crippen LogP contribution in [0.2, 0.25) is 0 Å². The number of hydrogen-bond donors (Lipinski definition) is 2. The first-order chi connectivity index (χ1) is 16.0. The van der Waals surface area contributed by atoms with Crippen LogP contribution in [0.1, 0.15) is 67.0 Å². The van der Waals surface area contributed by atoms with E-state index in [0.717, 1.165) is 12.8 Å². The monoisotopic (exact) mass is 457 g/mol. The molecule has 0 unspecified atom stereocenters. The summed E-state index contributed by atoms with van der Waals surface area (Å²) < 4.78 is 30.3. The fourth-order valence-corrected chi connectivity index (χ4v) is 4.24. The molecule has 0 radical (unpaired) electrons. The highest BCUT2D eigenvalue weighted by molar-refractivity contribution is 6.08. The van der Waals surface area contributed by atoms with Crippen molar-refractivity contribution in [1.82, 2.24) is 24.4 Å². The Kier molecular flexibility index (Phi) is 5.77. The van der Waals surface area contributed by atoms with E-state index in [4.69, 9.17) is 0 Å². The van der Waals surface area contributed by atoms with Gasteiger partial charge in [0.05, 0.1) is 17.9 Å². The molecule has 2 fully saturated rings. The Labute approximate surface area is 188 Å². The quantitative estimate of drug-likeness (QED) is 0.498. The van der Waals surface area contributed by atoms with Gasteiger partial charge in [-0.05, 0) is 50.5 Å². The molecule has 11 heteroatoms. The van der Waals surface area contributed by atoms with E-state index in [9.17, 15) is 18.4 Å². The molecule has 0 saturated heterocycles. The second-order valence-corrected chi connectivity index (χ2v) is 8.83. The lowest BCUT2D eigenvalue weighted by molar-refractivity contribution is -0.112. The van der Waals surface area contributed by atoms with E-state index >= 15 is 0 Å². The summed E-state index contributed by atoms with van der Waals surface area (Å²) in [5.41, 5.74) is 0.0166. The second-order valence-electron chi connectivity index (χ2n) is 8.83. The maximum atomic E-state index is 13.7. The molecule has 33 heavy (non-hydrogen) atoms. The molecule has 2 saturated carbocycles. The van der Waals surface area contributed by atoms with Gasteiger partial charge in [0.2, 0.25) is 0 Å². The molecule has 3 aromatic rings. The Morgan fingerprint density at radius 2 is 2.00 bits per heavy atom. The molecule has 2 aliphatic rings. The standard InChI is InChI=1S/C22H25F2N7O2/c23-20(24)19-17(11-31(29-19)15-5-3-14(12-32)4-6-15)27-22(33)16-10-26-30-8-7-18(28-21(16)30)25-9-13-1-2-13/h7-8,10-15,20H,1-6,9H2,(H,25,28)(H,27,33)/t14-,15-. The van der Waals surface area contributed by atoms with E-state index in [1.807, 2.05) is 0 Å². The van der Waals surface area contributed by atoms with Gasteiger partial charge in [0.15, 0.2) is 11.3 Å². The first-order valence-electron chi connectivity index (χ1n) is 11.2. The summed E-state index contributed by atoms with van der Waals surface area (Å²) in [6.07, 6.45) is 7.79. The molecule has 3 heterocycles. The fraction of sp³-hybridized carbons (Fsp3) is 0.500. The molecule has 3 aromatic heterocycles. The zero-order valence-electron chi connectivity index (χ0n) is 18.0. The first kappa shape index (κ1) is 21.5. The molecular formula is C22H25F2N7O2. The highest BCUT2D eigenvalue weighted by Crippen LogP contribution is 2.34. The maximum Gasteiger partial charge on any atom is 0.284 e. The van der Waals surface area contributed by atoms with Crippen LogP contribution in [0.5, 0.6) is 0 Å². The van der Waals surface area contributed by atoms with Crippen molar-refractivity contribution in [2.45, 2.75) is 51.0 Å². The van der Waals surface area contributed by atoms with Crippen LogP contribution < -0.4 is 10.6 Å². The van der Waals surface area contributed by atoms with Crippen molar-refractivity contribution in [3.05, 3.63) is 35.9 Å². The number of anilines is 2. The number of hydrogen-bond acceptors (Lipinski definition) is 6. The summed E-state index contributed by atoms with van der Waals surface area (Å²) in [6.45, 7) is 0.824. The Morgan fingerprint density at radius 1 is 1.21 bits per heavy atom. The number of aldehydes is 1. The van der Waals surface area contributed by atoms with E-state index in [2.05, 4.69) is 25.8 Å². The number of carbonyl (C=O) groups excluding carboxylic acids is 2. The molecule has 174 valence electrons. The minimum atomic E-state index is -2.84. The van der Waals surface area contributed by atoms with Crippen LogP contribution in [0.3, 0.4) is 0 Å². The number of fused-ring (bicyclic) bond motifs is 1. The Balaban J connectivity index is 1.35. The summed E-state index contributed by atoms with van der Waals surface area (Å²) in [7, 11) is 0. The predicted octanol–water partition coefficient (Wildman–Crippen LogP) is 3.87. The van der Waals surface area contributed by atoms with Gasteiger partial charge >= 0.3 is 0 Å². The minimum Gasteiger partial charge on any atom is -0.370 e. The Hall–Kier alpha value is -3.37. The average Bonchev–Trinajstić information content (AvgIpc) is 3.41. The molecule has 1 amide bonds. The van der Waals surface area contributed by atoms with E-state index in [1.54, 1.807) is 12.3 Å². The van der Waals surface area contributed by atoms with Gasteiger partial charge in [-0.3, -0.25) is 9.48 Å². The lowest BCUT2D eigenvalue weighted by atomic mass is 9.87. The summed E-state index contributed by atoms with van der Waals surface area (Å²) in [5, 5.41) is 14.0. The number of carbonyl (C=O) groups is 2. The number of nitrogens with one attached hydrogen (secondary N) is 2. The molecule has 2 N–H and O–H groups in total. The molecule has 0 spiro atoms. The van der Waals surface area contributed by atoms with Crippen molar-refractivity contribution in [2.75, 3.05) is 17.2 Å². The topological polar surface area (TPSA) is 106 Å². The van der Waals surface area contributed by atoms with Crippen LogP contribution >= 0.6 is 0 Å². The fourth-order valence-electron chi connectivity index (χ4n) is 4.24. The normalized spacial score (nSPS) is 20.8. The lowest BCUT2D eigenvalue weighted by Crippen LogP contribution is -2.19. The van der Waals surface area contributed by atoms with Crippen LogP contribution in [0, 0.1) is 11.8 Å². The van der Waals surface area contributed by atoms with Crippen molar-refractivity contribution in [3.8, 4) is 0 Å². The molecule has 0 aromatic carbocycles. The average molecular weight is 457 g/mol. The van der Waals surface area contributed by atoms with Crippen LogP contribution in [0.15, 0.2) is 24.7 Å². The maximum absolute atomic E-state index is 13.7. The van der Waals surface area contributed by atoms with Crippen molar-refractivity contribution < 1.29 is 18.4 Å². The van der Waals surface area contributed by atoms with Crippen LogP contribution in [-0.4, -0.2) is 43.1 Å².